The summed E-state index contributed by atoms with van der Waals surface area (Å²) in [6.07, 6.45) is 1.74. The molecule has 2 nitrogen and oxygen atoms in total. The van der Waals surface area contributed by atoms with E-state index in [0.29, 0.717) is 0 Å². The Bertz CT molecular complexity index is 1480. The van der Waals surface area contributed by atoms with Gasteiger partial charge in [-0.1, -0.05) is 95.9 Å². The molecule has 32 heavy (non-hydrogen) atoms. The lowest BCUT2D eigenvalue weighted by atomic mass is 9.31. The van der Waals surface area contributed by atoms with Crippen LogP contribution in [0.2, 0.25) is 0 Å². The standard InChI is InChI=1S/C29H21BN2/c1-18-8-6-11-19-12-7-13-22(27(18)19)29-31-25-16-20-9-2-4-14-23(20)30-24-15-5-3-10-21(24)17-26(32-29)28(25)30/h2-15H,16-17H2,1H3. The summed E-state index contributed by atoms with van der Waals surface area (Å²) in [4.78, 5) is 10.5. The number of rotatable bonds is 1. The van der Waals surface area contributed by atoms with Crippen LogP contribution in [0.25, 0.3) is 22.2 Å². The van der Waals surface area contributed by atoms with E-state index in [1.54, 1.807) is 0 Å². The zero-order chi connectivity index (χ0) is 21.2. The first kappa shape index (κ1) is 17.9. The fraction of sp³-hybridized carbons (Fsp3) is 0.103. The minimum absolute atomic E-state index is 0.234. The van der Waals surface area contributed by atoms with E-state index in [2.05, 4.69) is 91.9 Å². The summed E-state index contributed by atoms with van der Waals surface area (Å²) in [5.41, 5.74) is 11.7. The van der Waals surface area contributed by atoms with Crippen LogP contribution in [0.3, 0.4) is 0 Å². The first-order valence-corrected chi connectivity index (χ1v) is 11.3. The van der Waals surface area contributed by atoms with E-state index in [-0.39, 0.29) is 6.71 Å². The number of nitrogens with zero attached hydrogens (tertiary/aromatic N) is 2. The fourth-order valence-electron chi connectivity index (χ4n) is 5.80. The second-order valence-corrected chi connectivity index (χ2v) is 9.02. The molecule has 5 aromatic rings. The van der Waals surface area contributed by atoms with Crippen molar-refractivity contribution in [3.8, 4) is 11.4 Å². The Hall–Kier alpha value is -3.72. The second-order valence-electron chi connectivity index (χ2n) is 9.02. The van der Waals surface area contributed by atoms with Crippen LogP contribution in [-0.4, -0.2) is 16.7 Å². The van der Waals surface area contributed by atoms with Crippen LogP contribution >= 0.6 is 0 Å². The van der Waals surface area contributed by atoms with Crippen LogP contribution in [0.15, 0.2) is 84.9 Å². The van der Waals surface area contributed by atoms with Gasteiger partial charge in [-0.25, -0.2) is 9.97 Å². The Balaban J connectivity index is 1.52. The number of fused-ring (bicyclic) bond motifs is 5. The van der Waals surface area contributed by atoms with Crippen molar-refractivity contribution < 1.29 is 0 Å². The maximum Gasteiger partial charge on any atom is 0.246 e. The van der Waals surface area contributed by atoms with Gasteiger partial charge < -0.3 is 0 Å². The third-order valence-corrected chi connectivity index (χ3v) is 7.19. The van der Waals surface area contributed by atoms with Gasteiger partial charge in [0.05, 0.1) is 0 Å². The molecule has 0 saturated carbocycles. The maximum atomic E-state index is 5.23. The molecule has 7 rings (SSSR count). The third-order valence-electron chi connectivity index (χ3n) is 7.19. The van der Waals surface area contributed by atoms with E-state index in [0.717, 1.165) is 24.2 Å². The number of aromatic nitrogens is 2. The van der Waals surface area contributed by atoms with Crippen LogP contribution in [0.1, 0.15) is 28.1 Å². The van der Waals surface area contributed by atoms with E-state index in [4.69, 9.17) is 9.97 Å². The summed E-state index contributed by atoms with van der Waals surface area (Å²) in [5, 5.41) is 2.50. The molecule has 0 N–H and O–H groups in total. The van der Waals surface area contributed by atoms with Gasteiger partial charge in [0.25, 0.3) is 0 Å². The summed E-state index contributed by atoms with van der Waals surface area (Å²) in [6, 6.07) is 30.7. The predicted molar refractivity (Wildman–Crippen MR) is 133 cm³/mol. The summed E-state index contributed by atoms with van der Waals surface area (Å²) in [7, 11) is 0. The number of aryl methyl sites for hydroxylation is 1. The van der Waals surface area contributed by atoms with Gasteiger partial charge in [-0.2, -0.15) is 0 Å². The molecule has 0 saturated heterocycles. The molecule has 150 valence electrons. The van der Waals surface area contributed by atoms with Gasteiger partial charge in [0, 0.05) is 29.8 Å². The fourth-order valence-corrected chi connectivity index (χ4v) is 5.80. The van der Waals surface area contributed by atoms with Crippen molar-refractivity contribution in [2.24, 2.45) is 0 Å². The Morgan fingerprint density at radius 2 is 1.25 bits per heavy atom. The lowest BCUT2D eigenvalue weighted by Gasteiger charge is -2.32. The lowest BCUT2D eigenvalue weighted by molar-refractivity contribution is 0.986. The summed E-state index contributed by atoms with van der Waals surface area (Å²) in [6.45, 7) is 2.41. The largest absolute Gasteiger partial charge is 0.246 e. The number of hydrogen-bond acceptors (Lipinski definition) is 2. The number of benzene rings is 4. The van der Waals surface area contributed by atoms with Gasteiger partial charge in [0.1, 0.15) is 0 Å². The Morgan fingerprint density at radius 3 is 1.91 bits per heavy atom. The van der Waals surface area contributed by atoms with E-state index >= 15 is 0 Å². The molecule has 0 radical (unpaired) electrons. The van der Waals surface area contributed by atoms with Crippen LogP contribution in [0, 0.1) is 6.92 Å². The molecule has 3 heterocycles. The minimum Gasteiger partial charge on any atom is -0.233 e. The highest BCUT2D eigenvalue weighted by Crippen LogP contribution is 2.30. The van der Waals surface area contributed by atoms with Gasteiger partial charge in [0.2, 0.25) is 6.71 Å². The smallest absolute Gasteiger partial charge is 0.233 e. The zero-order valence-electron chi connectivity index (χ0n) is 18.0. The van der Waals surface area contributed by atoms with Crippen LogP contribution in [0.4, 0.5) is 0 Å². The van der Waals surface area contributed by atoms with Crippen molar-refractivity contribution in [2.75, 3.05) is 0 Å². The molecule has 0 bridgehead atoms. The topological polar surface area (TPSA) is 25.8 Å². The average molecular weight is 408 g/mol. The normalized spacial score (nSPS) is 13.5. The maximum absolute atomic E-state index is 5.23. The molecule has 1 aromatic heterocycles. The lowest BCUT2D eigenvalue weighted by Crippen LogP contribution is -2.61. The average Bonchev–Trinajstić information content (AvgIpc) is 2.83. The van der Waals surface area contributed by atoms with Gasteiger partial charge in [0.15, 0.2) is 5.82 Å². The van der Waals surface area contributed by atoms with Crippen LogP contribution < -0.4 is 16.4 Å². The van der Waals surface area contributed by atoms with E-state index < -0.39 is 0 Å². The molecule has 0 aliphatic carbocycles. The molecule has 4 aromatic carbocycles. The van der Waals surface area contributed by atoms with E-state index in [1.165, 1.54) is 55.2 Å². The second kappa shape index (κ2) is 6.64. The molecular formula is C29H21BN2. The SMILES string of the molecule is Cc1cccc2cccc(-c3nc4c5c(n3)Cc3ccccc3B5c3ccccc3C4)c12. The summed E-state index contributed by atoms with van der Waals surface area (Å²) >= 11 is 0. The monoisotopic (exact) mass is 408 g/mol. The molecule has 0 spiro atoms. The molecule has 2 aliphatic rings. The Morgan fingerprint density at radius 1 is 0.656 bits per heavy atom. The molecular weight excluding hydrogens is 387 g/mol. The van der Waals surface area contributed by atoms with Gasteiger partial charge in [-0.05, 0) is 39.8 Å². The quantitative estimate of drug-likeness (QED) is 0.385. The summed E-state index contributed by atoms with van der Waals surface area (Å²) in [5.74, 6) is 0.858. The Kier molecular flexibility index (Phi) is 3.72. The van der Waals surface area contributed by atoms with Crippen molar-refractivity contribution in [2.45, 2.75) is 19.8 Å². The molecule has 2 aliphatic heterocycles. The third kappa shape index (κ3) is 2.48. The van der Waals surface area contributed by atoms with Crippen LogP contribution in [0.5, 0.6) is 0 Å². The van der Waals surface area contributed by atoms with Gasteiger partial charge >= 0.3 is 0 Å². The van der Waals surface area contributed by atoms with E-state index in [1.807, 2.05) is 0 Å². The molecule has 0 unspecified atom stereocenters. The Labute approximate surface area is 188 Å². The molecule has 0 atom stereocenters. The van der Waals surface area contributed by atoms with Crippen molar-refractivity contribution in [3.05, 3.63) is 113 Å². The van der Waals surface area contributed by atoms with Crippen molar-refractivity contribution in [1.82, 2.24) is 9.97 Å². The van der Waals surface area contributed by atoms with Gasteiger partial charge in [-0.15, -0.1) is 0 Å². The number of hydrogen-bond donors (Lipinski definition) is 0. The molecule has 3 heteroatoms. The van der Waals surface area contributed by atoms with Crippen LogP contribution in [-0.2, 0) is 12.8 Å². The zero-order valence-corrected chi connectivity index (χ0v) is 18.0. The highest BCUT2D eigenvalue weighted by Gasteiger charge is 2.38. The van der Waals surface area contributed by atoms with Crippen molar-refractivity contribution in [3.63, 3.8) is 0 Å². The molecule has 0 fully saturated rings. The predicted octanol–water partition coefficient (Wildman–Crippen LogP) is 3.93. The molecule has 0 amide bonds. The van der Waals surface area contributed by atoms with E-state index in [9.17, 15) is 0 Å². The highest BCUT2D eigenvalue weighted by atomic mass is 14.9. The van der Waals surface area contributed by atoms with Crippen molar-refractivity contribution in [1.29, 1.82) is 0 Å². The minimum atomic E-state index is 0.234. The highest BCUT2D eigenvalue weighted by molar-refractivity contribution is 6.97. The first-order valence-electron chi connectivity index (χ1n) is 11.3. The van der Waals surface area contributed by atoms with Crippen molar-refractivity contribution >= 4 is 33.9 Å². The van der Waals surface area contributed by atoms with Gasteiger partial charge in [-0.3, -0.25) is 0 Å². The first-order chi connectivity index (χ1) is 15.8. The summed E-state index contributed by atoms with van der Waals surface area (Å²) < 4.78 is 0.